The van der Waals surface area contributed by atoms with Crippen molar-refractivity contribution in [3.8, 4) is 0 Å². The van der Waals surface area contributed by atoms with Gasteiger partial charge in [-0.3, -0.25) is 0 Å². The average Bonchev–Trinajstić information content (AvgIpc) is 2.02. The monoisotopic (exact) mass is 188 g/mol. The molecule has 0 spiro atoms. The van der Waals surface area contributed by atoms with E-state index < -0.39 is 6.09 Å². The number of nitrogens with zero attached hydrogens (tertiary/aromatic N) is 1. The van der Waals surface area contributed by atoms with Crippen molar-refractivity contribution in [3.05, 3.63) is 0 Å². The van der Waals surface area contributed by atoms with Gasteiger partial charge in [-0.25, -0.2) is 15.2 Å². The first-order valence-electron chi connectivity index (χ1n) is 4.81. The Balaban J connectivity index is 3.63. The maximum Gasteiger partial charge on any atom is 0.421 e. The Bertz CT molecular complexity index is 149. The molecule has 0 unspecified atom stereocenters. The van der Waals surface area contributed by atoms with Gasteiger partial charge in [0.2, 0.25) is 0 Å². The summed E-state index contributed by atoms with van der Waals surface area (Å²) in [6, 6.07) is 0. The Morgan fingerprint density at radius 1 is 1.54 bits per heavy atom. The third-order valence-electron chi connectivity index (χ3n) is 1.70. The Morgan fingerprint density at radius 2 is 2.15 bits per heavy atom. The summed E-state index contributed by atoms with van der Waals surface area (Å²) >= 11 is 0. The number of hydrazine groups is 1. The molecule has 0 aliphatic rings. The lowest BCUT2D eigenvalue weighted by Crippen LogP contribution is -2.43. The number of carbonyl (C=O) groups is 1. The average molecular weight is 188 g/mol. The molecule has 4 heteroatoms. The Labute approximate surface area is 79.9 Å². The van der Waals surface area contributed by atoms with Gasteiger partial charge < -0.3 is 5.11 Å². The number of rotatable bonds is 6. The van der Waals surface area contributed by atoms with Crippen LogP contribution in [0.25, 0.3) is 0 Å². The zero-order valence-corrected chi connectivity index (χ0v) is 8.71. The zero-order chi connectivity index (χ0) is 10.3. The van der Waals surface area contributed by atoms with E-state index in [-0.39, 0.29) is 0 Å². The first-order valence-corrected chi connectivity index (χ1v) is 4.81. The second-order valence-corrected chi connectivity index (χ2v) is 3.52. The Hall–Kier alpha value is -0.770. The van der Waals surface area contributed by atoms with Gasteiger partial charge in [-0.1, -0.05) is 20.8 Å². The van der Waals surface area contributed by atoms with Gasteiger partial charge in [0.05, 0.1) is 0 Å². The van der Waals surface area contributed by atoms with Crippen molar-refractivity contribution in [1.29, 1.82) is 0 Å². The molecule has 0 aromatic rings. The first-order chi connectivity index (χ1) is 6.07. The predicted octanol–water partition coefficient (Wildman–Crippen LogP) is 1.93. The van der Waals surface area contributed by atoms with E-state index in [1.165, 1.54) is 5.01 Å². The van der Waals surface area contributed by atoms with Gasteiger partial charge >= 0.3 is 6.09 Å². The minimum atomic E-state index is -0.898. The fourth-order valence-corrected chi connectivity index (χ4v) is 0.954. The fourth-order valence-electron chi connectivity index (χ4n) is 0.954. The summed E-state index contributed by atoms with van der Waals surface area (Å²) in [6.45, 7) is 7.47. The molecule has 0 saturated carbocycles. The molecule has 0 fully saturated rings. The van der Waals surface area contributed by atoms with Gasteiger partial charge in [0.15, 0.2) is 0 Å². The van der Waals surface area contributed by atoms with E-state index in [1.54, 1.807) is 0 Å². The lowest BCUT2D eigenvalue weighted by molar-refractivity contribution is 0.119. The van der Waals surface area contributed by atoms with Gasteiger partial charge in [-0.05, 0) is 18.8 Å². The molecule has 0 aromatic carbocycles. The van der Waals surface area contributed by atoms with Crippen molar-refractivity contribution in [2.45, 2.75) is 33.6 Å². The summed E-state index contributed by atoms with van der Waals surface area (Å²) in [4.78, 5) is 10.6. The van der Waals surface area contributed by atoms with Crippen LogP contribution in [-0.4, -0.2) is 29.3 Å². The highest BCUT2D eigenvalue weighted by Gasteiger charge is 2.08. The summed E-state index contributed by atoms with van der Waals surface area (Å²) in [7, 11) is 0. The van der Waals surface area contributed by atoms with Crippen LogP contribution in [0.2, 0.25) is 0 Å². The van der Waals surface area contributed by atoms with E-state index in [9.17, 15) is 4.79 Å². The molecular formula is C9H20N2O2. The maximum absolute atomic E-state index is 10.6. The summed E-state index contributed by atoms with van der Waals surface area (Å²) in [5, 5.41) is 9.99. The number of hydrogen-bond acceptors (Lipinski definition) is 2. The van der Waals surface area contributed by atoms with Gasteiger partial charge in [0.25, 0.3) is 0 Å². The van der Waals surface area contributed by atoms with Gasteiger partial charge in [-0.2, -0.15) is 0 Å². The third kappa shape index (κ3) is 6.40. The van der Waals surface area contributed by atoms with Crippen LogP contribution in [0.15, 0.2) is 0 Å². The fraction of sp³-hybridized carbons (Fsp3) is 0.889. The highest BCUT2D eigenvalue weighted by molar-refractivity contribution is 5.64. The van der Waals surface area contributed by atoms with E-state index >= 15 is 0 Å². The largest absolute Gasteiger partial charge is 0.464 e. The molecule has 13 heavy (non-hydrogen) atoms. The molecule has 0 aliphatic heterocycles. The third-order valence-corrected chi connectivity index (χ3v) is 1.70. The summed E-state index contributed by atoms with van der Waals surface area (Å²) in [6.07, 6.45) is 0.930. The van der Waals surface area contributed by atoms with Crippen LogP contribution in [0.1, 0.15) is 33.6 Å². The standard InChI is InChI=1S/C9H20N2O2/c1-4-7-11(9(12)13)10-6-5-8(2)3/h8,10H,4-7H2,1-3H3,(H,12,13). The SMILES string of the molecule is CCCN(NCCC(C)C)C(=O)O. The Kier molecular flexibility index (Phi) is 6.32. The van der Waals surface area contributed by atoms with E-state index in [4.69, 9.17) is 5.11 Å². The zero-order valence-electron chi connectivity index (χ0n) is 8.71. The normalized spacial score (nSPS) is 10.5. The number of amides is 1. The molecule has 0 radical (unpaired) electrons. The second kappa shape index (κ2) is 6.71. The Morgan fingerprint density at radius 3 is 2.54 bits per heavy atom. The topological polar surface area (TPSA) is 52.6 Å². The van der Waals surface area contributed by atoms with Crippen molar-refractivity contribution >= 4 is 6.09 Å². The highest BCUT2D eigenvalue weighted by Crippen LogP contribution is 1.97. The van der Waals surface area contributed by atoms with Crippen molar-refractivity contribution in [1.82, 2.24) is 10.4 Å². The van der Waals surface area contributed by atoms with E-state index in [1.807, 2.05) is 6.92 Å². The van der Waals surface area contributed by atoms with Crippen LogP contribution in [0, 0.1) is 5.92 Å². The maximum atomic E-state index is 10.6. The molecule has 0 heterocycles. The van der Waals surface area contributed by atoms with Gasteiger partial charge in [0.1, 0.15) is 0 Å². The number of nitrogens with one attached hydrogen (secondary N) is 1. The van der Waals surface area contributed by atoms with Crippen molar-refractivity contribution in [2.75, 3.05) is 13.1 Å². The summed E-state index contributed by atoms with van der Waals surface area (Å²) in [5.74, 6) is 0.602. The molecule has 1 amide bonds. The van der Waals surface area contributed by atoms with E-state index in [2.05, 4.69) is 19.3 Å². The van der Waals surface area contributed by atoms with E-state index in [0.29, 0.717) is 12.5 Å². The molecule has 78 valence electrons. The molecule has 0 aromatic heterocycles. The minimum Gasteiger partial charge on any atom is -0.464 e. The number of carboxylic acid groups (broad SMARTS) is 1. The molecule has 0 rings (SSSR count). The minimum absolute atomic E-state index is 0.549. The van der Waals surface area contributed by atoms with Crippen molar-refractivity contribution in [3.63, 3.8) is 0 Å². The van der Waals surface area contributed by atoms with Crippen LogP contribution in [0.3, 0.4) is 0 Å². The van der Waals surface area contributed by atoms with Crippen molar-refractivity contribution in [2.24, 2.45) is 5.92 Å². The predicted molar refractivity (Wildman–Crippen MR) is 52.5 cm³/mol. The quantitative estimate of drug-likeness (QED) is 0.626. The molecular weight excluding hydrogens is 168 g/mol. The molecule has 4 nitrogen and oxygen atoms in total. The molecule has 0 aliphatic carbocycles. The molecule has 2 N–H and O–H groups in total. The van der Waals surface area contributed by atoms with E-state index in [0.717, 1.165) is 19.4 Å². The van der Waals surface area contributed by atoms with Crippen molar-refractivity contribution < 1.29 is 9.90 Å². The van der Waals surface area contributed by atoms with Gasteiger partial charge in [-0.15, -0.1) is 0 Å². The van der Waals surface area contributed by atoms with Gasteiger partial charge in [0, 0.05) is 13.1 Å². The lowest BCUT2D eigenvalue weighted by atomic mass is 10.1. The van der Waals surface area contributed by atoms with Crippen LogP contribution in [-0.2, 0) is 0 Å². The van der Waals surface area contributed by atoms with Crippen LogP contribution >= 0.6 is 0 Å². The smallest absolute Gasteiger partial charge is 0.421 e. The van der Waals surface area contributed by atoms with Crippen LogP contribution < -0.4 is 5.43 Å². The molecule has 0 bridgehead atoms. The second-order valence-electron chi connectivity index (χ2n) is 3.52. The summed E-state index contributed by atoms with van der Waals surface area (Å²) < 4.78 is 0. The number of hydrogen-bond donors (Lipinski definition) is 2. The highest BCUT2D eigenvalue weighted by atomic mass is 16.4. The summed E-state index contributed by atoms with van der Waals surface area (Å²) in [5.41, 5.74) is 2.89. The van der Waals surface area contributed by atoms with Crippen LogP contribution in [0.5, 0.6) is 0 Å². The van der Waals surface area contributed by atoms with Crippen LogP contribution in [0.4, 0.5) is 4.79 Å². The lowest BCUT2D eigenvalue weighted by Gasteiger charge is -2.19. The molecule has 0 saturated heterocycles. The first kappa shape index (κ1) is 12.2. The molecule has 0 atom stereocenters.